The van der Waals surface area contributed by atoms with E-state index >= 15 is 0 Å². The molecule has 5 nitrogen and oxygen atoms in total. The van der Waals surface area contributed by atoms with Gasteiger partial charge in [-0.2, -0.15) is 0 Å². The molecule has 1 aliphatic heterocycles. The Bertz CT molecular complexity index is 910. The van der Waals surface area contributed by atoms with Crippen LogP contribution in [-0.4, -0.2) is 22.9 Å². The fourth-order valence-corrected chi connectivity index (χ4v) is 3.10. The summed E-state index contributed by atoms with van der Waals surface area (Å²) in [6.07, 6.45) is 1.65. The minimum Gasteiger partial charge on any atom is -0.490 e. The highest BCUT2D eigenvalue weighted by atomic mass is 79.9. The van der Waals surface area contributed by atoms with Gasteiger partial charge in [-0.15, -0.1) is 0 Å². The maximum absolute atomic E-state index is 13.0. The van der Waals surface area contributed by atoms with Gasteiger partial charge in [0, 0.05) is 0 Å². The smallest absolute Gasteiger partial charge is 0.329 e. The molecule has 1 N–H and O–H groups in total. The molecule has 0 atom stereocenters. The van der Waals surface area contributed by atoms with E-state index < -0.39 is 11.9 Å². The minimum absolute atomic E-state index is 0.0428. The molecule has 0 saturated carbocycles. The number of hydrogen-bond donors (Lipinski definition) is 1. The molecule has 1 fully saturated rings. The van der Waals surface area contributed by atoms with Gasteiger partial charge in [-0.1, -0.05) is 18.2 Å². The van der Waals surface area contributed by atoms with E-state index in [0.717, 1.165) is 14.9 Å². The zero-order valence-corrected chi connectivity index (χ0v) is 16.4. The first-order valence-electron chi connectivity index (χ1n) is 8.38. The Hall–Kier alpha value is -2.67. The van der Waals surface area contributed by atoms with E-state index in [1.54, 1.807) is 30.3 Å². The SMILES string of the molecule is CC(C)Oc1ccc(C=C2NC(=O)N(Cc3ccc(F)cc3)C2=O)cc1Br. The van der Waals surface area contributed by atoms with Crippen molar-refractivity contribution in [1.82, 2.24) is 10.2 Å². The molecule has 1 aliphatic rings. The fourth-order valence-electron chi connectivity index (χ4n) is 2.61. The Labute approximate surface area is 164 Å². The van der Waals surface area contributed by atoms with Crippen LogP contribution < -0.4 is 10.1 Å². The average molecular weight is 433 g/mol. The zero-order chi connectivity index (χ0) is 19.6. The molecule has 7 heteroatoms. The number of nitrogens with one attached hydrogen (secondary N) is 1. The van der Waals surface area contributed by atoms with Crippen molar-refractivity contribution in [1.29, 1.82) is 0 Å². The first-order valence-corrected chi connectivity index (χ1v) is 9.18. The van der Waals surface area contributed by atoms with Crippen LogP contribution in [0.1, 0.15) is 25.0 Å². The number of nitrogens with zero attached hydrogens (tertiary/aromatic N) is 1. The summed E-state index contributed by atoms with van der Waals surface area (Å²) in [5.41, 5.74) is 1.59. The second kappa shape index (κ2) is 7.92. The number of ether oxygens (including phenoxy) is 1. The lowest BCUT2D eigenvalue weighted by atomic mass is 10.1. The molecule has 1 heterocycles. The summed E-state index contributed by atoms with van der Waals surface area (Å²) in [7, 11) is 0. The largest absolute Gasteiger partial charge is 0.490 e. The highest BCUT2D eigenvalue weighted by molar-refractivity contribution is 9.10. The topological polar surface area (TPSA) is 58.6 Å². The van der Waals surface area contributed by atoms with Crippen LogP contribution in [0.15, 0.2) is 52.6 Å². The standard InChI is InChI=1S/C20H18BrFN2O3/c1-12(2)27-18-8-5-14(9-16(18)21)10-17-19(25)24(20(26)23-17)11-13-3-6-15(22)7-4-13/h3-10,12H,11H2,1-2H3,(H,23,26). The van der Waals surface area contributed by atoms with Gasteiger partial charge in [-0.3, -0.25) is 9.69 Å². The van der Waals surface area contributed by atoms with Crippen LogP contribution in [0, 0.1) is 5.82 Å². The number of carbonyl (C=O) groups excluding carboxylic acids is 2. The van der Waals surface area contributed by atoms with Crippen LogP contribution in [0.5, 0.6) is 5.75 Å². The normalized spacial score (nSPS) is 15.6. The zero-order valence-electron chi connectivity index (χ0n) is 14.8. The molecule has 27 heavy (non-hydrogen) atoms. The van der Waals surface area contributed by atoms with Crippen molar-refractivity contribution >= 4 is 33.9 Å². The number of rotatable bonds is 5. The molecule has 2 aromatic rings. The first kappa shape index (κ1) is 19.1. The van der Waals surface area contributed by atoms with Crippen LogP contribution >= 0.6 is 15.9 Å². The molecule has 0 aliphatic carbocycles. The highest BCUT2D eigenvalue weighted by Gasteiger charge is 2.33. The Kier molecular flexibility index (Phi) is 5.60. The number of imide groups is 1. The van der Waals surface area contributed by atoms with Crippen LogP contribution in [-0.2, 0) is 11.3 Å². The highest BCUT2D eigenvalue weighted by Crippen LogP contribution is 2.28. The van der Waals surface area contributed by atoms with Gasteiger partial charge in [0.25, 0.3) is 5.91 Å². The van der Waals surface area contributed by atoms with Crippen LogP contribution in [0.2, 0.25) is 0 Å². The van der Waals surface area contributed by atoms with Gasteiger partial charge in [0.2, 0.25) is 0 Å². The molecule has 3 amide bonds. The van der Waals surface area contributed by atoms with E-state index in [4.69, 9.17) is 4.74 Å². The molecule has 0 radical (unpaired) electrons. The second-order valence-corrected chi connectivity index (χ2v) is 7.22. The van der Waals surface area contributed by atoms with Crippen LogP contribution in [0.25, 0.3) is 6.08 Å². The second-order valence-electron chi connectivity index (χ2n) is 6.36. The molecule has 2 aromatic carbocycles. The molecule has 140 valence electrons. The fraction of sp³-hybridized carbons (Fsp3) is 0.200. The quantitative estimate of drug-likeness (QED) is 0.559. The maximum Gasteiger partial charge on any atom is 0.329 e. The van der Waals surface area contributed by atoms with Gasteiger partial charge < -0.3 is 10.1 Å². The van der Waals surface area contributed by atoms with Gasteiger partial charge in [-0.25, -0.2) is 9.18 Å². The number of halogens is 2. The van der Waals surface area contributed by atoms with Crippen LogP contribution in [0.4, 0.5) is 9.18 Å². The van der Waals surface area contributed by atoms with E-state index in [1.807, 2.05) is 19.9 Å². The molecular weight excluding hydrogens is 415 g/mol. The Morgan fingerprint density at radius 2 is 1.89 bits per heavy atom. The number of benzene rings is 2. The summed E-state index contributed by atoms with van der Waals surface area (Å²) in [6, 6.07) is 10.6. The van der Waals surface area contributed by atoms with Crippen LogP contribution in [0.3, 0.4) is 0 Å². The summed E-state index contributed by atoms with van der Waals surface area (Å²) in [4.78, 5) is 25.8. The van der Waals surface area contributed by atoms with Gasteiger partial charge in [0.15, 0.2) is 0 Å². The van der Waals surface area contributed by atoms with E-state index in [9.17, 15) is 14.0 Å². The van der Waals surface area contributed by atoms with Crippen molar-refractivity contribution in [3.8, 4) is 5.75 Å². The van der Waals surface area contributed by atoms with Crippen molar-refractivity contribution < 1.29 is 18.7 Å². The summed E-state index contributed by atoms with van der Waals surface area (Å²) in [5, 5.41) is 2.58. The Morgan fingerprint density at radius 1 is 1.19 bits per heavy atom. The molecule has 0 aromatic heterocycles. The first-order chi connectivity index (χ1) is 12.8. The summed E-state index contributed by atoms with van der Waals surface area (Å²) < 4.78 is 19.4. The summed E-state index contributed by atoms with van der Waals surface area (Å²) >= 11 is 3.45. The summed E-state index contributed by atoms with van der Waals surface area (Å²) in [5.74, 6) is -0.0955. The third-order valence-corrected chi connectivity index (χ3v) is 4.47. The lowest BCUT2D eigenvalue weighted by molar-refractivity contribution is -0.123. The number of amides is 3. The van der Waals surface area contributed by atoms with Crippen molar-refractivity contribution in [2.24, 2.45) is 0 Å². The average Bonchev–Trinajstić information content (AvgIpc) is 2.86. The summed E-state index contributed by atoms with van der Waals surface area (Å²) in [6.45, 7) is 3.95. The number of hydrogen-bond acceptors (Lipinski definition) is 3. The minimum atomic E-state index is -0.505. The predicted octanol–water partition coefficient (Wildman–Crippen LogP) is 4.47. The van der Waals surface area contributed by atoms with E-state index in [-0.39, 0.29) is 24.2 Å². The molecule has 0 spiro atoms. The number of carbonyl (C=O) groups is 2. The molecule has 1 saturated heterocycles. The molecular formula is C20H18BrFN2O3. The molecule has 3 rings (SSSR count). The van der Waals surface area contributed by atoms with Gasteiger partial charge in [0.1, 0.15) is 17.3 Å². The van der Waals surface area contributed by atoms with E-state index in [2.05, 4.69) is 21.2 Å². The van der Waals surface area contributed by atoms with Gasteiger partial charge in [-0.05, 0) is 71.2 Å². The predicted molar refractivity (Wildman–Crippen MR) is 103 cm³/mol. The third kappa shape index (κ3) is 4.54. The van der Waals surface area contributed by atoms with Crippen molar-refractivity contribution in [2.45, 2.75) is 26.5 Å². The molecule has 0 unspecified atom stereocenters. The Balaban J connectivity index is 1.77. The third-order valence-electron chi connectivity index (χ3n) is 3.85. The van der Waals surface area contributed by atoms with E-state index in [0.29, 0.717) is 11.3 Å². The van der Waals surface area contributed by atoms with E-state index in [1.165, 1.54) is 12.1 Å². The van der Waals surface area contributed by atoms with Gasteiger partial charge in [0.05, 0.1) is 17.1 Å². The van der Waals surface area contributed by atoms with Crippen molar-refractivity contribution in [3.63, 3.8) is 0 Å². The Morgan fingerprint density at radius 3 is 2.52 bits per heavy atom. The van der Waals surface area contributed by atoms with Crippen molar-refractivity contribution in [3.05, 3.63) is 69.6 Å². The number of urea groups is 1. The lowest BCUT2D eigenvalue weighted by Crippen LogP contribution is -2.30. The van der Waals surface area contributed by atoms with Crippen molar-refractivity contribution in [2.75, 3.05) is 0 Å². The monoisotopic (exact) mass is 432 g/mol. The lowest BCUT2D eigenvalue weighted by Gasteiger charge is -2.12. The maximum atomic E-state index is 13.0. The molecule has 0 bridgehead atoms. The van der Waals surface area contributed by atoms with Gasteiger partial charge >= 0.3 is 6.03 Å².